The third-order valence-electron chi connectivity index (χ3n) is 4.35. The summed E-state index contributed by atoms with van der Waals surface area (Å²) in [6.45, 7) is 3.80. The van der Waals surface area contributed by atoms with Crippen LogP contribution < -0.4 is 16.0 Å². The number of carbonyl (C=O) groups excluding carboxylic acids is 1. The van der Waals surface area contributed by atoms with Crippen molar-refractivity contribution < 1.29 is 4.79 Å². The number of nitrogens with two attached hydrogens (primary N) is 1. The maximum atomic E-state index is 12.6. The van der Waals surface area contributed by atoms with Crippen LogP contribution in [0.25, 0.3) is 0 Å². The number of carbonyl (C=O) groups is 1. The lowest BCUT2D eigenvalue weighted by atomic mass is 9.92. The molecule has 0 spiro atoms. The van der Waals surface area contributed by atoms with Gasteiger partial charge in [0.15, 0.2) is 0 Å². The highest BCUT2D eigenvalue weighted by Crippen LogP contribution is 2.23. The predicted octanol–water partition coefficient (Wildman–Crippen LogP) is 3.26. The number of pyridine rings is 1. The molecule has 1 aromatic heterocycles. The third kappa shape index (κ3) is 3.60. The molecule has 3 N–H and O–H groups in total. The Labute approximate surface area is 150 Å². The average molecular weight is 389 g/mol. The normalized spacial score (nSPS) is 16.7. The van der Waals surface area contributed by atoms with Gasteiger partial charge in [-0.15, -0.1) is 0 Å². The number of benzene rings is 1. The summed E-state index contributed by atoms with van der Waals surface area (Å²) < 4.78 is 0.948. The largest absolute Gasteiger partial charge is 0.357 e. The van der Waals surface area contributed by atoms with E-state index in [9.17, 15) is 4.79 Å². The summed E-state index contributed by atoms with van der Waals surface area (Å²) in [6.07, 6.45) is 4.10. The van der Waals surface area contributed by atoms with E-state index in [1.54, 1.807) is 13.1 Å². The van der Waals surface area contributed by atoms with Gasteiger partial charge in [-0.3, -0.25) is 4.79 Å². The van der Waals surface area contributed by atoms with Crippen LogP contribution in [0.1, 0.15) is 25.3 Å². The molecule has 1 amide bonds. The first kappa shape index (κ1) is 16.9. The van der Waals surface area contributed by atoms with Gasteiger partial charge in [0.1, 0.15) is 11.4 Å². The number of halogens is 1. The molecule has 0 saturated carbocycles. The molecule has 1 aliphatic heterocycles. The fourth-order valence-corrected chi connectivity index (χ4v) is 3.05. The van der Waals surface area contributed by atoms with Crippen molar-refractivity contribution in [2.45, 2.75) is 25.3 Å². The quantitative estimate of drug-likeness (QED) is 0.842. The molecule has 1 aliphatic rings. The minimum Gasteiger partial charge on any atom is -0.357 e. The van der Waals surface area contributed by atoms with Crippen LogP contribution in [0.4, 0.5) is 11.5 Å². The molecule has 0 aliphatic carbocycles. The third-order valence-corrected chi connectivity index (χ3v) is 4.88. The van der Waals surface area contributed by atoms with Gasteiger partial charge >= 0.3 is 0 Å². The second-order valence-corrected chi connectivity index (χ2v) is 7.18. The minimum absolute atomic E-state index is 0.263. The van der Waals surface area contributed by atoms with Crippen molar-refractivity contribution in [2.75, 3.05) is 23.3 Å². The van der Waals surface area contributed by atoms with Crippen molar-refractivity contribution in [3.8, 4) is 0 Å². The summed E-state index contributed by atoms with van der Waals surface area (Å²) in [5.41, 5.74) is 6.54. The van der Waals surface area contributed by atoms with Gasteiger partial charge in [0.25, 0.3) is 0 Å². The van der Waals surface area contributed by atoms with Crippen LogP contribution in [0, 0.1) is 0 Å². The molecule has 24 heavy (non-hydrogen) atoms. The zero-order valence-corrected chi connectivity index (χ0v) is 15.2. The van der Waals surface area contributed by atoms with Crippen molar-refractivity contribution in [1.29, 1.82) is 0 Å². The zero-order valence-electron chi connectivity index (χ0n) is 13.6. The van der Waals surface area contributed by atoms with Crippen LogP contribution in [0.2, 0.25) is 0 Å². The minimum atomic E-state index is -1.12. The molecule has 126 valence electrons. The number of hydrogen-bond acceptors (Lipinski definition) is 4. The SMILES string of the molecule is CC(N)(C(=O)Nc1ccc(N2CCCC2)nc1)c1ccc(Br)cc1. The topological polar surface area (TPSA) is 71.2 Å². The molecule has 1 fully saturated rings. The molecular formula is C18H21BrN4O. The van der Waals surface area contributed by atoms with Gasteiger partial charge in [-0.05, 0) is 49.6 Å². The lowest BCUT2D eigenvalue weighted by Gasteiger charge is -2.24. The Balaban J connectivity index is 1.70. The Morgan fingerprint density at radius 3 is 2.46 bits per heavy atom. The van der Waals surface area contributed by atoms with Gasteiger partial charge in [-0.25, -0.2) is 4.98 Å². The monoisotopic (exact) mass is 388 g/mol. The van der Waals surface area contributed by atoms with Crippen molar-refractivity contribution in [3.05, 3.63) is 52.6 Å². The first-order valence-electron chi connectivity index (χ1n) is 8.04. The van der Waals surface area contributed by atoms with E-state index in [0.717, 1.165) is 28.9 Å². The van der Waals surface area contributed by atoms with E-state index in [2.05, 4.69) is 31.1 Å². The summed E-state index contributed by atoms with van der Waals surface area (Å²) in [5.74, 6) is 0.689. The van der Waals surface area contributed by atoms with Gasteiger partial charge in [0.2, 0.25) is 5.91 Å². The van der Waals surface area contributed by atoms with Crippen LogP contribution in [0.5, 0.6) is 0 Å². The second-order valence-electron chi connectivity index (χ2n) is 6.26. The molecule has 2 heterocycles. The van der Waals surface area contributed by atoms with Gasteiger partial charge < -0.3 is 16.0 Å². The van der Waals surface area contributed by atoms with Crippen LogP contribution in [0.3, 0.4) is 0 Å². The molecule has 6 heteroatoms. The van der Waals surface area contributed by atoms with Crippen LogP contribution in [-0.4, -0.2) is 24.0 Å². The Bertz CT molecular complexity index is 707. The van der Waals surface area contributed by atoms with Crippen LogP contribution in [-0.2, 0) is 10.3 Å². The van der Waals surface area contributed by atoms with Crippen LogP contribution in [0.15, 0.2) is 47.1 Å². The smallest absolute Gasteiger partial charge is 0.248 e. The highest BCUT2D eigenvalue weighted by molar-refractivity contribution is 9.10. The number of nitrogens with one attached hydrogen (secondary N) is 1. The predicted molar refractivity (Wildman–Crippen MR) is 100.0 cm³/mol. The Hall–Kier alpha value is -1.92. The molecule has 0 radical (unpaired) electrons. The average Bonchev–Trinajstić information content (AvgIpc) is 3.10. The van der Waals surface area contributed by atoms with Gasteiger partial charge in [0.05, 0.1) is 11.9 Å². The van der Waals surface area contributed by atoms with Gasteiger partial charge in [-0.1, -0.05) is 28.1 Å². The molecule has 1 saturated heterocycles. The standard InChI is InChI=1S/C18H21BrN4O/c1-18(20,13-4-6-14(19)7-5-13)17(24)22-15-8-9-16(21-12-15)23-10-2-3-11-23/h4-9,12H,2-3,10-11,20H2,1H3,(H,22,24). The Kier molecular flexibility index (Phi) is 4.87. The van der Waals surface area contributed by atoms with E-state index >= 15 is 0 Å². The van der Waals surface area contributed by atoms with Crippen LogP contribution >= 0.6 is 15.9 Å². The fourth-order valence-electron chi connectivity index (χ4n) is 2.78. The van der Waals surface area contributed by atoms with Crippen molar-refractivity contribution >= 4 is 33.3 Å². The summed E-state index contributed by atoms with van der Waals surface area (Å²) >= 11 is 3.38. The molecule has 1 aromatic carbocycles. The number of amides is 1. The van der Waals surface area contributed by atoms with E-state index in [1.807, 2.05) is 36.4 Å². The summed E-state index contributed by atoms with van der Waals surface area (Å²) in [5, 5.41) is 2.86. The Morgan fingerprint density at radius 1 is 1.21 bits per heavy atom. The molecule has 3 rings (SSSR count). The van der Waals surface area contributed by atoms with E-state index in [4.69, 9.17) is 5.73 Å². The zero-order chi connectivity index (χ0) is 17.2. The fraction of sp³-hybridized carbons (Fsp3) is 0.333. The van der Waals surface area contributed by atoms with Crippen molar-refractivity contribution in [3.63, 3.8) is 0 Å². The molecule has 5 nitrogen and oxygen atoms in total. The highest BCUT2D eigenvalue weighted by atomic mass is 79.9. The van der Waals surface area contributed by atoms with E-state index in [-0.39, 0.29) is 5.91 Å². The molecule has 1 atom stereocenters. The summed E-state index contributed by atoms with van der Waals surface area (Å²) in [7, 11) is 0. The van der Waals surface area contributed by atoms with E-state index < -0.39 is 5.54 Å². The Morgan fingerprint density at radius 2 is 1.88 bits per heavy atom. The maximum absolute atomic E-state index is 12.6. The number of rotatable bonds is 4. The lowest BCUT2D eigenvalue weighted by molar-refractivity contribution is -0.120. The number of nitrogens with zero attached hydrogens (tertiary/aromatic N) is 2. The first-order valence-corrected chi connectivity index (χ1v) is 8.83. The van der Waals surface area contributed by atoms with Gasteiger partial charge in [0, 0.05) is 17.6 Å². The molecule has 2 aromatic rings. The maximum Gasteiger partial charge on any atom is 0.248 e. The second kappa shape index (κ2) is 6.91. The van der Waals surface area contributed by atoms with Crippen molar-refractivity contribution in [2.24, 2.45) is 5.73 Å². The van der Waals surface area contributed by atoms with E-state index in [1.165, 1.54) is 12.8 Å². The van der Waals surface area contributed by atoms with E-state index in [0.29, 0.717) is 5.69 Å². The lowest BCUT2D eigenvalue weighted by Crippen LogP contribution is -2.45. The summed E-state index contributed by atoms with van der Waals surface area (Å²) in [4.78, 5) is 19.3. The number of anilines is 2. The highest BCUT2D eigenvalue weighted by Gasteiger charge is 2.30. The molecule has 0 bridgehead atoms. The van der Waals surface area contributed by atoms with Gasteiger partial charge in [-0.2, -0.15) is 0 Å². The molecule has 1 unspecified atom stereocenters. The van der Waals surface area contributed by atoms with Crippen molar-refractivity contribution in [1.82, 2.24) is 4.98 Å². The molecular weight excluding hydrogens is 368 g/mol. The summed E-state index contributed by atoms with van der Waals surface area (Å²) in [6, 6.07) is 11.3. The number of hydrogen-bond donors (Lipinski definition) is 2. The first-order chi connectivity index (χ1) is 11.5. The number of aromatic nitrogens is 1.